The van der Waals surface area contributed by atoms with Crippen molar-refractivity contribution >= 4 is 17.3 Å². The average Bonchev–Trinajstić information content (AvgIpc) is 2.84. The van der Waals surface area contributed by atoms with E-state index in [0.717, 1.165) is 29.8 Å². The molecule has 2 aromatic carbocycles. The number of benzene rings is 2. The Morgan fingerprint density at radius 1 is 1.17 bits per heavy atom. The number of nitrogens with one attached hydrogen (secondary N) is 1. The van der Waals surface area contributed by atoms with Crippen LogP contribution in [-0.2, 0) is 11.2 Å². The van der Waals surface area contributed by atoms with Gasteiger partial charge in [-0.25, -0.2) is 13.2 Å². The van der Waals surface area contributed by atoms with Gasteiger partial charge in [-0.1, -0.05) is 18.2 Å². The maximum absolute atomic E-state index is 13.6. The Morgan fingerprint density at radius 2 is 1.91 bits per heavy atom. The van der Waals surface area contributed by atoms with E-state index in [-0.39, 0.29) is 18.3 Å². The average molecular weight is 320 g/mol. The molecule has 0 fully saturated rings. The number of rotatable bonds is 3. The zero-order chi connectivity index (χ0) is 16.6. The van der Waals surface area contributed by atoms with E-state index < -0.39 is 23.4 Å². The van der Waals surface area contributed by atoms with Crippen molar-refractivity contribution < 1.29 is 18.0 Å². The first-order valence-electron chi connectivity index (χ1n) is 7.25. The molecular weight excluding hydrogens is 305 g/mol. The molecule has 0 aliphatic carbocycles. The van der Waals surface area contributed by atoms with Gasteiger partial charge >= 0.3 is 0 Å². The molecular formula is C17H15F3N2O. The van der Waals surface area contributed by atoms with E-state index in [1.54, 1.807) is 0 Å². The van der Waals surface area contributed by atoms with Crippen molar-refractivity contribution in [2.24, 2.45) is 0 Å². The summed E-state index contributed by atoms with van der Waals surface area (Å²) in [6.07, 6.45) is 0.822. The molecule has 0 spiro atoms. The number of carbonyl (C=O) groups excluding carboxylic acids is 1. The van der Waals surface area contributed by atoms with Gasteiger partial charge in [0.2, 0.25) is 5.91 Å². The summed E-state index contributed by atoms with van der Waals surface area (Å²) in [5.41, 5.74) is 1.74. The number of halogens is 3. The third-order valence-corrected chi connectivity index (χ3v) is 3.97. The number of hydrogen-bond donors (Lipinski definition) is 1. The lowest BCUT2D eigenvalue weighted by Gasteiger charge is -2.24. The van der Waals surface area contributed by atoms with Gasteiger partial charge in [-0.15, -0.1) is 0 Å². The van der Waals surface area contributed by atoms with Gasteiger partial charge in [-0.3, -0.25) is 4.79 Å². The van der Waals surface area contributed by atoms with Crippen LogP contribution >= 0.6 is 0 Å². The monoisotopic (exact) mass is 320 g/mol. The maximum atomic E-state index is 13.6. The zero-order valence-electron chi connectivity index (χ0n) is 12.4. The Labute approximate surface area is 131 Å². The fourth-order valence-corrected chi connectivity index (χ4v) is 2.84. The van der Waals surface area contributed by atoms with E-state index in [2.05, 4.69) is 5.32 Å². The van der Waals surface area contributed by atoms with Crippen molar-refractivity contribution in [3.63, 3.8) is 0 Å². The summed E-state index contributed by atoms with van der Waals surface area (Å²) in [5, 5.41) is 2.29. The molecule has 0 unspecified atom stereocenters. The van der Waals surface area contributed by atoms with E-state index >= 15 is 0 Å². The summed E-state index contributed by atoms with van der Waals surface area (Å²) in [6, 6.07) is 9.66. The first kappa shape index (κ1) is 15.4. The van der Waals surface area contributed by atoms with Crippen LogP contribution in [0.15, 0.2) is 36.4 Å². The molecule has 120 valence electrons. The van der Waals surface area contributed by atoms with E-state index in [4.69, 9.17) is 0 Å². The highest BCUT2D eigenvalue weighted by Crippen LogP contribution is 2.31. The fourth-order valence-electron chi connectivity index (χ4n) is 2.84. The highest BCUT2D eigenvalue weighted by atomic mass is 19.2. The molecule has 3 rings (SSSR count). The van der Waals surface area contributed by atoms with Gasteiger partial charge in [-0.05, 0) is 37.1 Å². The number of anilines is 2. The van der Waals surface area contributed by atoms with Crippen LogP contribution in [0.25, 0.3) is 0 Å². The first-order chi connectivity index (χ1) is 11.0. The molecule has 23 heavy (non-hydrogen) atoms. The minimum absolute atomic E-state index is 0.0105. The molecule has 0 saturated heterocycles. The molecule has 0 saturated carbocycles. The molecule has 0 aromatic heterocycles. The molecule has 1 heterocycles. The Hall–Kier alpha value is -2.50. The van der Waals surface area contributed by atoms with Crippen LogP contribution in [0.4, 0.5) is 24.5 Å². The topological polar surface area (TPSA) is 32.3 Å². The second kappa shape index (κ2) is 5.95. The molecule has 0 radical (unpaired) electrons. The minimum Gasteiger partial charge on any atom is -0.359 e. The number of hydrogen-bond acceptors (Lipinski definition) is 2. The van der Waals surface area contributed by atoms with Crippen molar-refractivity contribution in [2.45, 2.75) is 19.4 Å². The fraction of sp³-hybridized carbons (Fsp3) is 0.235. The number of para-hydroxylation sites is 1. The highest BCUT2D eigenvalue weighted by Gasteiger charge is 2.27. The Bertz CT molecular complexity index is 763. The number of fused-ring (bicyclic) bond motifs is 1. The van der Waals surface area contributed by atoms with E-state index in [1.165, 1.54) is 0 Å². The zero-order valence-corrected chi connectivity index (χ0v) is 12.4. The lowest BCUT2D eigenvalue weighted by atomic mass is 10.1. The number of amides is 1. The number of nitrogens with zero attached hydrogens (tertiary/aromatic N) is 1. The summed E-state index contributed by atoms with van der Waals surface area (Å²) in [6.45, 7) is 2.00. The highest BCUT2D eigenvalue weighted by molar-refractivity contribution is 5.94. The van der Waals surface area contributed by atoms with Crippen LogP contribution in [-0.4, -0.2) is 18.5 Å². The van der Waals surface area contributed by atoms with Gasteiger partial charge < -0.3 is 10.2 Å². The van der Waals surface area contributed by atoms with Crippen LogP contribution in [0.1, 0.15) is 12.5 Å². The third kappa shape index (κ3) is 2.88. The molecule has 0 bridgehead atoms. The van der Waals surface area contributed by atoms with Gasteiger partial charge in [0.1, 0.15) is 0 Å². The summed E-state index contributed by atoms with van der Waals surface area (Å²) in [7, 11) is 0. The summed E-state index contributed by atoms with van der Waals surface area (Å²) in [5.74, 6) is -4.77. The van der Waals surface area contributed by atoms with Gasteiger partial charge in [-0.2, -0.15) is 0 Å². The Morgan fingerprint density at radius 3 is 2.70 bits per heavy atom. The van der Waals surface area contributed by atoms with Gasteiger partial charge in [0, 0.05) is 11.7 Å². The normalized spacial score (nSPS) is 16.3. The third-order valence-electron chi connectivity index (χ3n) is 3.97. The second-order valence-electron chi connectivity index (χ2n) is 5.58. The molecule has 1 atom stereocenters. The van der Waals surface area contributed by atoms with Crippen molar-refractivity contribution in [1.82, 2.24) is 0 Å². The minimum atomic E-state index is -1.59. The smallest absolute Gasteiger partial charge is 0.243 e. The van der Waals surface area contributed by atoms with Crippen LogP contribution in [0.2, 0.25) is 0 Å². The van der Waals surface area contributed by atoms with Crippen LogP contribution in [0.5, 0.6) is 0 Å². The quantitative estimate of drug-likeness (QED) is 0.878. The first-order valence-corrected chi connectivity index (χ1v) is 7.25. The Balaban J connectivity index is 1.75. The van der Waals surface area contributed by atoms with Gasteiger partial charge in [0.05, 0.1) is 12.2 Å². The predicted molar refractivity (Wildman–Crippen MR) is 81.9 cm³/mol. The summed E-state index contributed by atoms with van der Waals surface area (Å²) >= 11 is 0. The SMILES string of the molecule is C[C@H]1Cc2ccccc2N1CC(=O)Nc1ccc(F)c(F)c1F. The van der Waals surface area contributed by atoms with Crippen molar-refractivity contribution in [3.05, 3.63) is 59.4 Å². The molecule has 3 nitrogen and oxygen atoms in total. The van der Waals surface area contributed by atoms with E-state index in [1.807, 2.05) is 36.1 Å². The van der Waals surface area contributed by atoms with Crippen LogP contribution in [0, 0.1) is 17.5 Å². The lowest BCUT2D eigenvalue weighted by molar-refractivity contribution is -0.115. The molecule has 1 amide bonds. The predicted octanol–water partition coefficient (Wildman–Crippen LogP) is 3.49. The van der Waals surface area contributed by atoms with Gasteiger partial charge in [0.15, 0.2) is 17.5 Å². The molecule has 1 aliphatic heterocycles. The largest absolute Gasteiger partial charge is 0.359 e. The molecule has 1 aliphatic rings. The second-order valence-corrected chi connectivity index (χ2v) is 5.58. The molecule has 1 N–H and O–H groups in total. The maximum Gasteiger partial charge on any atom is 0.243 e. The van der Waals surface area contributed by atoms with E-state index in [0.29, 0.717) is 0 Å². The van der Waals surface area contributed by atoms with Crippen LogP contribution in [0.3, 0.4) is 0 Å². The summed E-state index contributed by atoms with van der Waals surface area (Å²) < 4.78 is 39.7. The van der Waals surface area contributed by atoms with E-state index in [9.17, 15) is 18.0 Å². The van der Waals surface area contributed by atoms with Gasteiger partial charge in [0.25, 0.3) is 0 Å². The summed E-state index contributed by atoms with van der Waals surface area (Å²) in [4.78, 5) is 14.0. The van der Waals surface area contributed by atoms with Crippen molar-refractivity contribution in [3.8, 4) is 0 Å². The Kier molecular flexibility index (Phi) is 3.98. The van der Waals surface area contributed by atoms with Crippen LogP contribution < -0.4 is 10.2 Å². The molecule has 2 aromatic rings. The van der Waals surface area contributed by atoms with Crippen molar-refractivity contribution in [2.75, 3.05) is 16.8 Å². The molecule has 6 heteroatoms. The van der Waals surface area contributed by atoms with Crippen molar-refractivity contribution in [1.29, 1.82) is 0 Å². The lowest BCUT2D eigenvalue weighted by Crippen LogP contribution is -2.37. The number of carbonyl (C=O) groups is 1. The standard InChI is InChI=1S/C17H15F3N2O/c1-10-8-11-4-2-3-5-14(11)22(10)9-15(23)21-13-7-6-12(18)16(19)17(13)20/h2-7,10H,8-9H2,1H3,(H,21,23)/t10-/m0/s1.